The SMILES string of the molecule is CC1(C)OC(=O)C(=Cc2ccc(OC3CCCC3)cc2)C(=O)O1. The van der Waals surface area contributed by atoms with Gasteiger partial charge in [-0.25, -0.2) is 9.59 Å². The third kappa shape index (κ3) is 3.73. The number of carbonyl (C=O) groups is 2. The second kappa shape index (κ2) is 6.07. The van der Waals surface area contributed by atoms with Crippen LogP contribution in [0.25, 0.3) is 6.08 Å². The van der Waals surface area contributed by atoms with E-state index in [0.29, 0.717) is 11.7 Å². The van der Waals surface area contributed by atoms with Gasteiger partial charge in [-0.3, -0.25) is 0 Å². The molecule has 2 fully saturated rings. The van der Waals surface area contributed by atoms with Crippen molar-refractivity contribution in [2.75, 3.05) is 0 Å². The molecule has 0 amide bonds. The lowest BCUT2D eigenvalue weighted by Gasteiger charge is -2.29. The van der Waals surface area contributed by atoms with Crippen molar-refractivity contribution >= 4 is 18.0 Å². The van der Waals surface area contributed by atoms with E-state index in [0.717, 1.165) is 18.6 Å². The maximum Gasteiger partial charge on any atom is 0.348 e. The summed E-state index contributed by atoms with van der Waals surface area (Å²) in [7, 11) is 0. The molecular weight excluding hydrogens is 296 g/mol. The third-order valence-electron chi connectivity index (χ3n) is 3.91. The van der Waals surface area contributed by atoms with Gasteiger partial charge in [-0.05, 0) is 49.5 Å². The fourth-order valence-electron chi connectivity index (χ4n) is 2.79. The Morgan fingerprint density at radius 1 is 1.04 bits per heavy atom. The molecule has 0 bridgehead atoms. The molecule has 0 spiro atoms. The first-order valence-electron chi connectivity index (χ1n) is 7.88. The van der Waals surface area contributed by atoms with E-state index in [4.69, 9.17) is 14.2 Å². The molecule has 2 aliphatic rings. The van der Waals surface area contributed by atoms with E-state index < -0.39 is 17.7 Å². The van der Waals surface area contributed by atoms with Crippen LogP contribution in [0.5, 0.6) is 5.75 Å². The Balaban J connectivity index is 1.72. The highest BCUT2D eigenvalue weighted by Gasteiger charge is 2.38. The van der Waals surface area contributed by atoms with Crippen molar-refractivity contribution in [1.82, 2.24) is 0 Å². The molecule has 1 heterocycles. The molecule has 122 valence electrons. The van der Waals surface area contributed by atoms with Crippen LogP contribution in [-0.2, 0) is 19.1 Å². The van der Waals surface area contributed by atoms with Crippen LogP contribution in [0.2, 0.25) is 0 Å². The Labute approximate surface area is 135 Å². The van der Waals surface area contributed by atoms with Crippen molar-refractivity contribution in [3.05, 3.63) is 35.4 Å². The molecule has 1 aromatic carbocycles. The van der Waals surface area contributed by atoms with Crippen LogP contribution >= 0.6 is 0 Å². The predicted octanol–water partition coefficient (Wildman–Crippen LogP) is 3.23. The number of rotatable bonds is 3. The van der Waals surface area contributed by atoms with Crippen LogP contribution in [0.15, 0.2) is 29.8 Å². The summed E-state index contributed by atoms with van der Waals surface area (Å²) in [5, 5.41) is 0. The molecule has 1 aromatic rings. The number of ether oxygens (including phenoxy) is 3. The Kier molecular flexibility index (Phi) is 4.11. The zero-order valence-corrected chi connectivity index (χ0v) is 13.3. The number of hydrogen-bond acceptors (Lipinski definition) is 5. The molecule has 1 saturated carbocycles. The number of esters is 2. The molecule has 5 heteroatoms. The number of benzene rings is 1. The first kappa shape index (κ1) is 15.6. The quantitative estimate of drug-likeness (QED) is 0.487. The third-order valence-corrected chi connectivity index (χ3v) is 3.91. The topological polar surface area (TPSA) is 61.8 Å². The van der Waals surface area contributed by atoms with E-state index in [1.54, 1.807) is 12.1 Å². The summed E-state index contributed by atoms with van der Waals surface area (Å²) < 4.78 is 16.0. The molecule has 1 aliphatic heterocycles. The summed E-state index contributed by atoms with van der Waals surface area (Å²) in [6.07, 6.45) is 6.40. The van der Waals surface area contributed by atoms with Crippen LogP contribution < -0.4 is 4.74 Å². The fourth-order valence-corrected chi connectivity index (χ4v) is 2.79. The zero-order valence-electron chi connectivity index (χ0n) is 13.3. The van der Waals surface area contributed by atoms with E-state index in [2.05, 4.69) is 0 Å². The lowest BCUT2D eigenvalue weighted by molar-refractivity contribution is -0.222. The smallest absolute Gasteiger partial charge is 0.348 e. The minimum absolute atomic E-state index is 0.103. The largest absolute Gasteiger partial charge is 0.490 e. The summed E-state index contributed by atoms with van der Waals surface area (Å²) in [6, 6.07) is 7.29. The van der Waals surface area contributed by atoms with E-state index in [9.17, 15) is 9.59 Å². The molecule has 23 heavy (non-hydrogen) atoms. The predicted molar refractivity (Wildman–Crippen MR) is 83.6 cm³/mol. The van der Waals surface area contributed by atoms with Gasteiger partial charge in [0, 0.05) is 13.8 Å². The summed E-state index contributed by atoms with van der Waals surface area (Å²) in [5.41, 5.74) is 0.612. The molecular formula is C18H20O5. The zero-order chi connectivity index (χ0) is 16.4. The standard InChI is InChI=1S/C18H20O5/c1-18(2)22-16(19)15(17(20)23-18)11-12-7-9-14(10-8-12)21-13-5-3-4-6-13/h7-11,13H,3-6H2,1-2H3. The minimum atomic E-state index is -1.22. The van der Waals surface area contributed by atoms with Gasteiger partial charge in [0.25, 0.3) is 5.79 Å². The average Bonchev–Trinajstić information content (AvgIpc) is 2.96. The van der Waals surface area contributed by atoms with Crippen molar-refractivity contribution in [3.63, 3.8) is 0 Å². The number of carbonyl (C=O) groups excluding carboxylic acids is 2. The molecule has 0 radical (unpaired) electrons. The van der Waals surface area contributed by atoms with Crippen LogP contribution in [-0.4, -0.2) is 23.8 Å². The summed E-state index contributed by atoms with van der Waals surface area (Å²) in [5.74, 6) is -1.76. The Bertz CT molecular complexity index is 614. The lowest BCUT2D eigenvalue weighted by Crippen LogP contribution is -2.41. The summed E-state index contributed by atoms with van der Waals surface area (Å²) >= 11 is 0. The van der Waals surface area contributed by atoms with Crippen molar-refractivity contribution < 1.29 is 23.8 Å². The highest BCUT2D eigenvalue weighted by Crippen LogP contribution is 2.26. The van der Waals surface area contributed by atoms with Gasteiger partial charge in [0.05, 0.1) is 6.10 Å². The van der Waals surface area contributed by atoms with Gasteiger partial charge in [0.1, 0.15) is 11.3 Å². The highest BCUT2D eigenvalue weighted by molar-refractivity contribution is 6.18. The molecule has 5 nitrogen and oxygen atoms in total. The lowest BCUT2D eigenvalue weighted by atomic mass is 10.1. The molecule has 0 atom stereocenters. The molecule has 1 saturated heterocycles. The molecule has 1 aliphatic carbocycles. The maximum atomic E-state index is 11.9. The maximum absolute atomic E-state index is 11.9. The highest BCUT2D eigenvalue weighted by atomic mass is 16.7. The van der Waals surface area contributed by atoms with E-state index in [1.807, 2.05) is 12.1 Å². The molecule has 3 rings (SSSR count). The summed E-state index contributed by atoms with van der Waals surface area (Å²) in [6.45, 7) is 3.05. The first-order chi connectivity index (χ1) is 10.9. The van der Waals surface area contributed by atoms with Gasteiger partial charge in [-0.1, -0.05) is 12.1 Å². The van der Waals surface area contributed by atoms with E-state index >= 15 is 0 Å². The Hall–Kier alpha value is -2.30. The first-order valence-corrected chi connectivity index (χ1v) is 7.88. The van der Waals surface area contributed by atoms with Crippen molar-refractivity contribution in [3.8, 4) is 5.75 Å². The molecule has 0 unspecified atom stereocenters. The van der Waals surface area contributed by atoms with Crippen LogP contribution in [0, 0.1) is 0 Å². The van der Waals surface area contributed by atoms with Gasteiger partial charge in [-0.15, -0.1) is 0 Å². The second-order valence-corrected chi connectivity index (χ2v) is 6.33. The molecule has 0 aromatic heterocycles. The van der Waals surface area contributed by atoms with Crippen LogP contribution in [0.1, 0.15) is 45.1 Å². The monoisotopic (exact) mass is 316 g/mol. The van der Waals surface area contributed by atoms with Gasteiger partial charge in [-0.2, -0.15) is 0 Å². The number of hydrogen-bond donors (Lipinski definition) is 0. The van der Waals surface area contributed by atoms with Crippen molar-refractivity contribution in [1.29, 1.82) is 0 Å². The van der Waals surface area contributed by atoms with Crippen molar-refractivity contribution in [2.24, 2.45) is 0 Å². The van der Waals surface area contributed by atoms with Crippen LogP contribution in [0.4, 0.5) is 0 Å². The minimum Gasteiger partial charge on any atom is -0.490 e. The van der Waals surface area contributed by atoms with Gasteiger partial charge in [0.2, 0.25) is 0 Å². The van der Waals surface area contributed by atoms with E-state index in [1.165, 1.54) is 32.8 Å². The number of cyclic esters (lactones) is 2. The Morgan fingerprint density at radius 2 is 1.61 bits per heavy atom. The molecule has 0 N–H and O–H groups in total. The second-order valence-electron chi connectivity index (χ2n) is 6.33. The van der Waals surface area contributed by atoms with Crippen molar-refractivity contribution in [2.45, 2.75) is 51.4 Å². The van der Waals surface area contributed by atoms with Gasteiger partial charge >= 0.3 is 11.9 Å². The normalized spacial score (nSPS) is 20.9. The van der Waals surface area contributed by atoms with E-state index in [-0.39, 0.29) is 5.57 Å². The average molecular weight is 316 g/mol. The van der Waals surface area contributed by atoms with Crippen LogP contribution in [0.3, 0.4) is 0 Å². The summed E-state index contributed by atoms with van der Waals surface area (Å²) in [4.78, 5) is 23.8. The fraction of sp³-hybridized carbons (Fsp3) is 0.444. The van der Waals surface area contributed by atoms with Gasteiger partial charge < -0.3 is 14.2 Å². The Morgan fingerprint density at radius 3 is 2.17 bits per heavy atom. The van der Waals surface area contributed by atoms with Gasteiger partial charge in [0.15, 0.2) is 0 Å².